The summed E-state index contributed by atoms with van der Waals surface area (Å²) in [5.41, 5.74) is -0.555. The number of carbonyl (C=O) groups is 2. The number of nitro benzene ring substituents is 1. The zero-order valence-corrected chi connectivity index (χ0v) is 15.3. The molecular weight excluding hydrogens is 376 g/mol. The van der Waals surface area contributed by atoms with E-state index >= 15 is 0 Å². The van der Waals surface area contributed by atoms with Gasteiger partial charge in [-0.05, 0) is 26.8 Å². The summed E-state index contributed by atoms with van der Waals surface area (Å²) < 4.78 is 15.5. The van der Waals surface area contributed by atoms with E-state index in [1.165, 1.54) is 13.0 Å². The lowest BCUT2D eigenvalue weighted by Gasteiger charge is -2.15. The molecule has 0 aliphatic heterocycles. The molecule has 1 unspecified atom stereocenters. The molecule has 2 aromatic rings. The Bertz CT molecular complexity index is 895. The first-order valence-electron chi connectivity index (χ1n) is 8.23. The number of carboxylic acids is 1. The Balaban J connectivity index is 2.63. The number of nitrogens with zero attached hydrogens (tertiary/aromatic N) is 3. The summed E-state index contributed by atoms with van der Waals surface area (Å²) in [5, 5.41) is 30.5. The highest BCUT2D eigenvalue weighted by Crippen LogP contribution is 2.42. The maximum atomic E-state index is 12.0. The Hall–Kier alpha value is -3.70. The van der Waals surface area contributed by atoms with Gasteiger partial charge >= 0.3 is 17.6 Å². The van der Waals surface area contributed by atoms with Crippen LogP contribution in [0.2, 0.25) is 0 Å². The lowest BCUT2D eigenvalue weighted by molar-refractivity contribution is -0.386. The zero-order valence-electron chi connectivity index (χ0n) is 15.3. The molecule has 1 heterocycles. The molecule has 1 aromatic carbocycles. The van der Waals surface area contributed by atoms with E-state index in [2.05, 4.69) is 15.4 Å². The monoisotopic (exact) mass is 394 g/mol. The van der Waals surface area contributed by atoms with Crippen molar-refractivity contribution in [2.75, 3.05) is 13.2 Å². The Morgan fingerprint density at radius 3 is 2.57 bits per heavy atom. The van der Waals surface area contributed by atoms with Gasteiger partial charge in [-0.25, -0.2) is 9.59 Å². The molecule has 0 aliphatic carbocycles. The number of nitro groups is 1. The van der Waals surface area contributed by atoms with E-state index in [1.807, 2.05) is 0 Å². The maximum Gasteiger partial charge on any atom is 0.361 e. The van der Waals surface area contributed by atoms with Gasteiger partial charge in [-0.15, -0.1) is 5.10 Å². The number of carbonyl (C=O) groups excluding carboxylic acids is 1. The SMILES string of the molecule is CCOC(=O)c1n[nH]nc1-c1cc(OCC)c(OC(C)C(=O)O)c([N+](=O)[O-])c1. The van der Waals surface area contributed by atoms with Gasteiger partial charge in [-0.2, -0.15) is 10.3 Å². The van der Waals surface area contributed by atoms with Gasteiger partial charge in [0.25, 0.3) is 0 Å². The van der Waals surface area contributed by atoms with E-state index in [9.17, 15) is 19.7 Å². The van der Waals surface area contributed by atoms with Crippen LogP contribution in [0.25, 0.3) is 11.3 Å². The Labute approximate surface area is 158 Å². The van der Waals surface area contributed by atoms with Crippen molar-refractivity contribution in [2.24, 2.45) is 0 Å². The Morgan fingerprint density at radius 2 is 2.00 bits per heavy atom. The molecule has 2 rings (SSSR count). The molecule has 0 aliphatic rings. The lowest BCUT2D eigenvalue weighted by Crippen LogP contribution is -2.23. The van der Waals surface area contributed by atoms with Crippen molar-refractivity contribution in [1.82, 2.24) is 15.4 Å². The van der Waals surface area contributed by atoms with Gasteiger partial charge in [-0.1, -0.05) is 0 Å². The molecule has 0 saturated carbocycles. The number of hydrogen-bond acceptors (Lipinski definition) is 9. The highest BCUT2D eigenvalue weighted by Gasteiger charge is 2.29. The summed E-state index contributed by atoms with van der Waals surface area (Å²) in [5.74, 6) is -2.47. The molecule has 0 bridgehead atoms. The number of aliphatic carboxylic acids is 1. The van der Waals surface area contributed by atoms with Gasteiger partial charge < -0.3 is 19.3 Å². The predicted molar refractivity (Wildman–Crippen MR) is 93.3 cm³/mol. The molecule has 2 N–H and O–H groups in total. The van der Waals surface area contributed by atoms with Crippen LogP contribution in [0.15, 0.2) is 12.1 Å². The van der Waals surface area contributed by atoms with E-state index in [1.54, 1.807) is 13.8 Å². The van der Waals surface area contributed by atoms with Crippen molar-refractivity contribution < 1.29 is 33.8 Å². The second-order valence-corrected chi connectivity index (χ2v) is 5.35. The van der Waals surface area contributed by atoms with Crippen LogP contribution in [0.4, 0.5) is 5.69 Å². The van der Waals surface area contributed by atoms with Crippen LogP contribution in [-0.4, -0.2) is 56.7 Å². The number of nitrogens with one attached hydrogen (secondary N) is 1. The zero-order chi connectivity index (χ0) is 20.8. The number of carboxylic acid groups (broad SMARTS) is 1. The van der Waals surface area contributed by atoms with Crippen molar-refractivity contribution in [3.8, 4) is 22.8 Å². The second kappa shape index (κ2) is 8.79. The van der Waals surface area contributed by atoms with Crippen LogP contribution in [0.1, 0.15) is 31.3 Å². The molecule has 0 radical (unpaired) electrons. The summed E-state index contributed by atoms with van der Waals surface area (Å²) in [6.07, 6.45) is -1.36. The van der Waals surface area contributed by atoms with Crippen LogP contribution in [0.3, 0.4) is 0 Å². The van der Waals surface area contributed by atoms with E-state index < -0.39 is 28.7 Å². The summed E-state index contributed by atoms with van der Waals surface area (Å²) >= 11 is 0. The normalized spacial score (nSPS) is 11.5. The largest absolute Gasteiger partial charge is 0.490 e. The number of ether oxygens (including phenoxy) is 3. The fourth-order valence-electron chi connectivity index (χ4n) is 2.24. The topological polar surface area (TPSA) is 167 Å². The standard InChI is InChI=1S/C16H18N4O8/c1-4-26-11-7-9(12-13(18-19-17-12)16(23)27-5-2)6-10(20(24)25)14(11)28-8(3)15(21)22/h6-8H,4-5H2,1-3H3,(H,21,22)(H,17,18,19). The molecular formula is C16H18N4O8. The third kappa shape index (κ3) is 4.34. The quantitative estimate of drug-likeness (QED) is 0.363. The van der Waals surface area contributed by atoms with Crippen LogP contribution < -0.4 is 9.47 Å². The summed E-state index contributed by atoms with van der Waals surface area (Å²) in [7, 11) is 0. The number of esters is 1. The molecule has 12 heteroatoms. The predicted octanol–water partition coefficient (Wildman–Crippen LogP) is 1.81. The summed E-state index contributed by atoms with van der Waals surface area (Å²) in [6.45, 7) is 4.72. The van der Waals surface area contributed by atoms with E-state index in [4.69, 9.17) is 19.3 Å². The highest BCUT2D eigenvalue weighted by molar-refractivity contribution is 5.94. The van der Waals surface area contributed by atoms with E-state index in [0.29, 0.717) is 0 Å². The Morgan fingerprint density at radius 1 is 1.29 bits per heavy atom. The van der Waals surface area contributed by atoms with Crippen molar-refractivity contribution in [2.45, 2.75) is 26.9 Å². The van der Waals surface area contributed by atoms with Crippen LogP contribution >= 0.6 is 0 Å². The van der Waals surface area contributed by atoms with Gasteiger partial charge in [-0.3, -0.25) is 10.1 Å². The molecule has 0 spiro atoms. The molecule has 12 nitrogen and oxygen atoms in total. The number of aromatic amines is 1. The molecule has 1 aromatic heterocycles. The van der Waals surface area contributed by atoms with Gasteiger partial charge in [0.1, 0.15) is 5.69 Å². The summed E-state index contributed by atoms with van der Waals surface area (Å²) in [6, 6.07) is 2.44. The van der Waals surface area contributed by atoms with E-state index in [0.717, 1.165) is 6.07 Å². The van der Waals surface area contributed by atoms with Crippen molar-refractivity contribution >= 4 is 17.6 Å². The minimum absolute atomic E-state index is 0.0142. The van der Waals surface area contributed by atoms with Gasteiger partial charge in [0.05, 0.1) is 18.1 Å². The number of hydrogen-bond donors (Lipinski definition) is 2. The van der Waals surface area contributed by atoms with Crippen LogP contribution in [0.5, 0.6) is 11.5 Å². The van der Waals surface area contributed by atoms with Crippen LogP contribution in [0, 0.1) is 10.1 Å². The second-order valence-electron chi connectivity index (χ2n) is 5.35. The fourth-order valence-corrected chi connectivity index (χ4v) is 2.24. The fraction of sp³-hybridized carbons (Fsp3) is 0.375. The first kappa shape index (κ1) is 20.6. The molecule has 0 amide bonds. The smallest absolute Gasteiger partial charge is 0.361 e. The van der Waals surface area contributed by atoms with Gasteiger partial charge in [0.2, 0.25) is 5.75 Å². The van der Waals surface area contributed by atoms with Gasteiger partial charge in [0.15, 0.2) is 17.5 Å². The molecule has 150 valence electrons. The number of H-pyrrole nitrogens is 1. The Kier molecular flexibility index (Phi) is 6.47. The molecule has 0 saturated heterocycles. The number of rotatable bonds is 9. The van der Waals surface area contributed by atoms with Crippen molar-refractivity contribution in [3.63, 3.8) is 0 Å². The maximum absolute atomic E-state index is 12.0. The third-order valence-corrected chi connectivity index (χ3v) is 3.46. The summed E-state index contributed by atoms with van der Waals surface area (Å²) in [4.78, 5) is 33.9. The first-order chi connectivity index (χ1) is 13.3. The number of aromatic nitrogens is 3. The van der Waals surface area contributed by atoms with Gasteiger partial charge in [0, 0.05) is 11.6 Å². The molecule has 0 fully saturated rings. The van der Waals surface area contributed by atoms with Crippen molar-refractivity contribution in [3.05, 3.63) is 27.9 Å². The average molecular weight is 394 g/mol. The lowest BCUT2D eigenvalue weighted by atomic mass is 10.1. The third-order valence-electron chi connectivity index (χ3n) is 3.46. The molecule has 28 heavy (non-hydrogen) atoms. The minimum Gasteiger partial charge on any atom is -0.490 e. The van der Waals surface area contributed by atoms with Crippen molar-refractivity contribution in [1.29, 1.82) is 0 Å². The molecule has 1 atom stereocenters. The van der Waals surface area contributed by atoms with Crippen LogP contribution in [-0.2, 0) is 9.53 Å². The number of benzene rings is 1. The average Bonchev–Trinajstić information content (AvgIpc) is 3.12. The van der Waals surface area contributed by atoms with E-state index in [-0.39, 0.29) is 41.7 Å². The first-order valence-corrected chi connectivity index (χ1v) is 8.23. The highest BCUT2D eigenvalue weighted by atomic mass is 16.6. The minimum atomic E-state index is -1.36.